The van der Waals surface area contributed by atoms with Crippen LogP contribution in [0.2, 0.25) is 0 Å². The first-order chi connectivity index (χ1) is 10.2. The average molecular weight is 311 g/mol. The Labute approximate surface area is 132 Å². The quantitative estimate of drug-likeness (QED) is 0.691. The van der Waals surface area contributed by atoms with E-state index in [0.717, 1.165) is 19.4 Å². The van der Waals surface area contributed by atoms with Crippen LogP contribution in [0.4, 0.5) is 0 Å². The fourth-order valence-electron chi connectivity index (χ4n) is 3.87. The first-order valence-corrected chi connectivity index (χ1v) is 8.19. The second-order valence-electron chi connectivity index (χ2n) is 7.36. The van der Waals surface area contributed by atoms with Gasteiger partial charge in [-0.05, 0) is 26.7 Å². The molecule has 0 aromatic carbocycles. The van der Waals surface area contributed by atoms with E-state index < -0.39 is 5.54 Å². The molecule has 1 aliphatic heterocycles. The molecule has 2 fully saturated rings. The van der Waals surface area contributed by atoms with Crippen LogP contribution < -0.4 is 16.4 Å². The van der Waals surface area contributed by atoms with E-state index in [9.17, 15) is 9.59 Å². The summed E-state index contributed by atoms with van der Waals surface area (Å²) in [7, 11) is 0. The van der Waals surface area contributed by atoms with Crippen molar-refractivity contribution in [3.63, 3.8) is 0 Å². The molecule has 3 unspecified atom stereocenters. The predicted octanol–water partition coefficient (Wildman–Crippen LogP) is 0.550. The summed E-state index contributed by atoms with van der Waals surface area (Å²) in [6.07, 6.45) is 2.19. The Morgan fingerprint density at radius 1 is 1.36 bits per heavy atom. The van der Waals surface area contributed by atoms with Gasteiger partial charge in [0.25, 0.3) is 0 Å². The SMILES string of the molecule is CC(C)NC(=O)CCNC(=O)C1(N)C2CCCOC2C1(C)C. The van der Waals surface area contributed by atoms with Crippen molar-refractivity contribution in [1.82, 2.24) is 10.6 Å². The maximum absolute atomic E-state index is 12.6. The molecule has 2 amide bonds. The summed E-state index contributed by atoms with van der Waals surface area (Å²) in [6.45, 7) is 8.86. The number of nitrogens with one attached hydrogen (secondary N) is 2. The minimum absolute atomic E-state index is 0.0567. The van der Waals surface area contributed by atoms with Crippen LogP contribution >= 0.6 is 0 Å². The topological polar surface area (TPSA) is 93.5 Å². The van der Waals surface area contributed by atoms with Crippen molar-refractivity contribution in [2.45, 2.75) is 64.6 Å². The first-order valence-electron chi connectivity index (χ1n) is 8.19. The van der Waals surface area contributed by atoms with Crippen LogP contribution in [0.5, 0.6) is 0 Å². The lowest BCUT2D eigenvalue weighted by Crippen LogP contribution is -2.82. The van der Waals surface area contributed by atoms with E-state index in [2.05, 4.69) is 10.6 Å². The highest BCUT2D eigenvalue weighted by Crippen LogP contribution is 2.57. The van der Waals surface area contributed by atoms with Gasteiger partial charge in [0.2, 0.25) is 11.8 Å². The van der Waals surface area contributed by atoms with Crippen molar-refractivity contribution >= 4 is 11.8 Å². The van der Waals surface area contributed by atoms with Crippen molar-refractivity contribution in [1.29, 1.82) is 0 Å². The lowest BCUT2D eigenvalue weighted by molar-refractivity contribution is -0.225. The number of carbonyl (C=O) groups is 2. The van der Waals surface area contributed by atoms with Crippen LogP contribution in [0.1, 0.15) is 47.0 Å². The molecule has 2 rings (SSSR count). The Morgan fingerprint density at radius 2 is 2.05 bits per heavy atom. The van der Waals surface area contributed by atoms with Crippen molar-refractivity contribution in [2.75, 3.05) is 13.2 Å². The van der Waals surface area contributed by atoms with Crippen LogP contribution in [0, 0.1) is 11.3 Å². The molecule has 0 bridgehead atoms. The minimum atomic E-state index is -0.910. The van der Waals surface area contributed by atoms with Gasteiger partial charge >= 0.3 is 0 Å². The number of hydrogen-bond acceptors (Lipinski definition) is 4. The number of amides is 2. The number of carbonyl (C=O) groups excluding carboxylic acids is 2. The lowest BCUT2D eigenvalue weighted by atomic mass is 9.46. The zero-order chi connectivity index (χ0) is 16.5. The molecule has 6 heteroatoms. The normalized spacial score (nSPS) is 32.8. The summed E-state index contributed by atoms with van der Waals surface area (Å²) in [4.78, 5) is 24.2. The molecule has 0 radical (unpaired) electrons. The molecule has 1 saturated heterocycles. The van der Waals surface area contributed by atoms with E-state index in [-0.39, 0.29) is 41.7 Å². The summed E-state index contributed by atoms with van der Waals surface area (Å²) in [5.41, 5.74) is 5.19. The Morgan fingerprint density at radius 3 is 2.68 bits per heavy atom. The second kappa shape index (κ2) is 6.16. The van der Waals surface area contributed by atoms with E-state index in [4.69, 9.17) is 10.5 Å². The number of fused-ring (bicyclic) bond motifs is 1. The van der Waals surface area contributed by atoms with Crippen LogP contribution in [0.15, 0.2) is 0 Å². The third kappa shape index (κ3) is 2.74. The van der Waals surface area contributed by atoms with Gasteiger partial charge in [-0.1, -0.05) is 13.8 Å². The third-order valence-corrected chi connectivity index (χ3v) is 5.15. The molecule has 2 aliphatic rings. The highest BCUT2D eigenvalue weighted by Gasteiger charge is 2.70. The van der Waals surface area contributed by atoms with Gasteiger partial charge in [0.1, 0.15) is 5.54 Å². The van der Waals surface area contributed by atoms with Crippen molar-refractivity contribution in [3.05, 3.63) is 0 Å². The maximum atomic E-state index is 12.6. The van der Waals surface area contributed by atoms with E-state index >= 15 is 0 Å². The standard InChI is InChI=1S/C16H29N3O3/c1-10(2)19-12(20)7-8-18-14(21)16(17)11-6-5-9-22-13(11)15(16,3)4/h10-11,13H,5-9,17H2,1-4H3,(H,18,21)(H,19,20). The fraction of sp³-hybridized carbons (Fsp3) is 0.875. The van der Waals surface area contributed by atoms with Gasteiger partial charge in [0.15, 0.2) is 0 Å². The zero-order valence-electron chi connectivity index (χ0n) is 14.1. The molecule has 3 atom stereocenters. The molecule has 1 saturated carbocycles. The second-order valence-corrected chi connectivity index (χ2v) is 7.36. The third-order valence-electron chi connectivity index (χ3n) is 5.15. The van der Waals surface area contributed by atoms with Gasteiger partial charge in [-0.25, -0.2) is 0 Å². The molecule has 1 aliphatic carbocycles. The fourth-order valence-corrected chi connectivity index (χ4v) is 3.87. The predicted molar refractivity (Wildman–Crippen MR) is 84.1 cm³/mol. The smallest absolute Gasteiger partial charge is 0.241 e. The highest BCUT2D eigenvalue weighted by molar-refractivity contribution is 5.90. The molecule has 1 heterocycles. The van der Waals surface area contributed by atoms with Crippen LogP contribution in [0.25, 0.3) is 0 Å². The molecular weight excluding hydrogens is 282 g/mol. The molecular formula is C16H29N3O3. The molecule has 126 valence electrons. The van der Waals surface area contributed by atoms with Crippen molar-refractivity contribution < 1.29 is 14.3 Å². The van der Waals surface area contributed by atoms with Crippen LogP contribution in [0.3, 0.4) is 0 Å². The van der Waals surface area contributed by atoms with E-state index in [0.29, 0.717) is 6.54 Å². The monoisotopic (exact) mass is 311 g/mol. The average Bonchev–Trinajstić information content (AvgIpc) is 2.45. The van der Waals surface area contributed by atoms with Crippen LogP contribution in [-0.2, 0) is 14.3 Å². The van der Waals surface area contributed by atoms with Crippen LogP contribution in [-0.4, -0.2) is 42.7 Å². The lowest BCUT2D eigenvalue weighted by Gasteiger charge is -2.65. The molecule has 6 nitrogen and oxygen atoms in total. The maximum Gasteiger partial charge on any atom is 0.241 e. The summed E-state index contributed by atoms with van der Waals surface area (Å²) in [5.74, 6) is -0.157. The summed E-state index contributed by atoms with van der Waals surface area (Å²) in [6, 6.07) is 0.106. The molecule has 0 spiro atoms. The van der Waals surface area contributed by atoms with Gasteiger partial charge in [-0.3, -0.25) is 9.59 Å². The van der Waals surface area contributed by atoms with Crippen molar-refractivity contribution in [2.24, 2.45) is 17.1 Å². The molecule has 0 aromatic heterocycles. The Kier molecular flexibility index (Phi) is 4.82. The van der Waals surface area contributed by atoms with E-state index in [1.807, 2.05) is 27.7 Å². The van der Waals surface area contributed by atoms with Gasteiger partial charge < -0.3 is 21.1 Å². The van der Waals surface area contributed by atoms with E-state index in [1.165, 1.54) is 0 Å². The Bertz CT molecular complexity index is 450. The molecule has 0 aromatic rings. The zero-order valence-corrected chi connectivity index (χ0v) is 14.1. The number of hydrogen-bond donors (Lipinski definition) is 3. The largest absolute Gasteiger partial charge is 0.377 e. The van der Waals surface area contributed by atoms with Gasteiger partial charge in [0, 0.05) is 36.9 Å². The van der Waals surface area contributed by atoms with Gasteiger partial charge in [0.05, 0.1) is 6.10 Å². The van der Waals surface area contributed by atoms with Gasteiger partial charge in [-0.15, -0.1) is 0 Å². The van der Waals surface area contributed by atoms with E-state index in [1.54, 1.807) is 0 Å². The highest BCUT2D eigenvalue weighted by atomic mass is 16.5. The summed E-state index contributed by atoms with van der Waals surface area (Å²) in [5, 5.41) is 5.64. The molecule has 22 heavy (non-hydrogen) atoms. The van der Waals surface area contributed by atoms with Crippen molar-refractivity contribution in [3.8, 4) is 0 Å². The Hall–Kier alpha value is -1.14. The Balaban J connectivity index is 1.90. The summed E-state index contributed by atoms with van der Waals surface area (Å²) >= 11 is 0. The molecule has 4 N–H and O–H groups in total. The number of ether oxygens (including phenoxy) is 1. The van der Waals surface area contributed by atoms with Gasteiger partial charge in [-0.2, -0.15) is 0 Å². The number of rotatable bonds is 5. The first kappa shape index (κ1) is 17.2. The number of nitrogens with two attached hydrogens (primary N) is 1. The minimum Gasteiger partial charge on any atom is -0.377 e. The summed E-state index contributed by atoms with van der Waals surface area (Å²) < 4.78 is 5.80.